The van der Waals surface area contributed by atoms with Gasteiger partial charge in [-0.05, 0) is 50.4 Å². The lowest BCUT2D eigenvalue weighted by atomic mass is 10.00. The number of ether oxygens (including phenoxy) is 1. The second-order valence-electron chi connectivity index (χ2n) is 8.54. The molecule has 176 valence electrons. The van der Waals surface area contributed by atoms with E-state index in [0.717, 1.165) is 58.1 Å². The SMILES string of the molecule is Oc1cc(C(F)(F)F)ccc1-c1nnc(NC2CCCN(C3CCOCC3)C2)c2nccn12. The third-order valence-electron chi connectivity index (χ3n) is 6.39. The van der Waals surface area contributed by atoms with E-state index < -0.39 is 17.5 Å². The first-order valence-corrected chi connectivity index (χ1v) is 11.1. The van der Waals surface area contributed by atoms with Gasteiger partial charge in [0.1, 0.15) is 5.75 Å². The lowest BCUT2D eigenvalue weighted by molar-refractivity contribution is -0.137. The molecular weight excluding hydrogens is 437 g/mol. The molecule has 0 aliphatic carbocycles. The molecule has 0 bridgehead atoms. The van der Waals surface area contributed by atoms with E-state index in [9.17, 15) is 18.3 Å². The summed E-state index contributed by atoms with van der Waals surface area (Å²) >= 11 is 0. The van der Waals surface area contributed by atoms with Crippen molar-refractivity contribution in [3.05, 3.63) is 36.2 Å². The molecule has 2 aromatic heterocycles. The summed E-state index contributed by atoms with van der Waals surface area (Å²) in [4.78, 5) is 6.88. The highest BCUT2D eigenvalue weighted by Crippen LogP contribution is 2.36. The number of hydrogen-bond donors (Lipinski definition) is 2. The lowest BCUT2D eigenvalue weighted by Crippen LogP contribution is -2.49. The number of piperidine rings is 1. The Balaban J connectivity index is 1.38. The summed E-state index contributed by atoms with van der Waals surface area (Å²) in [5.41, 5.74) is -0.279. The molecule has 1 atom stereocenters. The Labute approximate surface area is 188 Å². The van der Waals surface area contributed by atoms with E-state index in [1.54, 1.807) is 16.8 Å². The Morgan fingerprint density at radius 2 is 1.94 bits per heavy atom. The number of phenols is 1. The van der Waals surface area contributed by atoms with Crippen LogP contribution in [0.1, 0.15) is 31.2 Å². The minimum absolute atomic E-state index is 0.147. The molecule has 11 heteroatoms. The zero-order valence-electron chi connectivity index (χ0n) is 17.9. The summed E-state index contributed by atoms with van der Waals surface area (Å²) in [5.74, 6) is 0.204. The van der Waals surface area contributed by atoms with E-state index in [1.807, 2.05) is 0 Å². The Bertz CT molecular complexity index is 1130. The summed E-state index contributed by atoms with van der Waals surface area (Å²) in [6.45, 7) is 3.56. The van der Waals surface area contributed by atoms with Gasteiger partial charge in [-0.3, -0.25) is 9.30 Å². The van der Waals surface area contributed by atoms with Gasteiger partial charge in [-0.2, -0.15) is 13.2 Å². The van der Waals surface area contributed by atoms with Crippen LogP contribution in [0, 0.1) is 0 Å². The van der Waals surface area contributed by atoms with Crippen molar-refractivity contribution >= 4 is 11.5 Å². The fourth-order valence-corrected chi connectivity index (χ4v) is 4.71. The van der Waals surface area contributed by atoms with E-state index in [2.05, 4.69) is 25.4 Å². The largest absolute Gasteiger partial charge is 0.507 e. The van der Waals surface area contributed by atoms with Gasteiger partial charge >= 0.3 is 6.18 Å². The highest BCUT2D eigenvalue weighted by Gasteiger charge is 2.32. The van der Waals surface area contributed by atoms with Gasteiger partial charge in [-0.25, -0.2) is 4.98 Å². The number of anilines is 1. The van der Waals surface area contributed by atoms with Crippen molar-refractivity contribution in [2.45, 2.75) is 43.9 Å². The second-order valence-corrected chi connectivity index (χ2v) is 8.54. The van der Waals surface area contributed by atoms with E-state index >= 15 is 0 Å². The van der Waals surface area contributed by atoms with Crippen molar-refractivity contribution in [2.75, 3.05) is 31.6 Å². The minimum atomic E-state index is -4.54. The van der Waals surface area contributed by atoms with E-state index in [1.165, 1.54) is 6.07 Å². The van der Waals surface area contributed by atoms with Crippen LogP contribution in [0.4, 0.5) is 19.0 Å². The molecular formula is C22H25F3N6O2. The molecule has 2 N–H and O–H groups in total. The standard InChI is InChI=1S/C22H25F3N6O2/c23-22(24,25)14-3-4-17(18(32)12-14)20-29-28-19(21-26-7-9-31(20)21)27-15-2-1-8-30(13-15)16-5-10-33-11-6-16/h3-4,7,9,12,15-16,32H,1-2,5-6,8,10-11,13H2,(H,27,28). The van der Waals surface area contributed by atoms with Crippen LogP contribution in [-0.4, -0.2) is 68.0 Å². The molecule has 0 saturated carbocycles. The monoisotopic (exact) mass is 462 g/mol. The van der Waals surface area contributed by atoms with Crippen LogP contribution < -0.4 is 5.32 Å². The van der Waals surface area contributed by atoms with Crippen LogP contribution in [0.25, 0.3) is 17.0 Å². The molecule has 0 amide bonds. The summed E-state index contributed by atoms with van der Waals surface area (Å²) in [7, 11) is 0. The van der Waals surface area contributed by atoms with Crippen molar-refractivity contribution in [1.82, 2.24) is 24.5 Å². The molecule has 1 unspecified atom stereocenters. The van der Waals surface area contributed by atoms with Crippen LogP contribution >= 0.6 is 0 Å². The summed E-state index contributed by atoms with van der Waals surface area (Å²) in [6, 6.07) is 3.52. The number of nitrogens with one attached hydrogen (secondary N) is 1. The fourth-order valence-electron chi connectivity index (χ4n) is 4.71. The van der Waals surface area contributed by atoms with Crippen LogP contribution in [-0.2, 0) is 10.9 Å². The number of aromatic hydroxyl groups is 1. The van der Waals surface area contributed by atoms with Gasteiger partial charge < -0.3 is 15.2 Å². The van der Waals surface area contributed by atoms with Crippen LogP contribution in [0.2, 0.25) is 0 Å². The Morgan fingerprint density at radius 1 is 1.12 bits per heavy atom. The van der Waals surface area contributed by atoms with Crippen molar-refractivity contribution in [3.63, 3.8) is 0 Å². The van der Waals surface area contributed by atoms with Gasteiger partial charge in [0.05, 0.1) is 11.1 Å². The molecule has 2 aliphatic rings. The third-order valence-corrected chi connectivity index (χ3v) is 6.39. The van der Waals surface area contributed by atoms with Crippen LogP contribution in [0.3, 0.4) is 0 Å². The quantitative estimate of drug-likeness (QED) is 0.613. The molecule has 2 saturated heterocycles. The molecule has 5 rings (SSSR count). The van der Waals surface area contributed by atoms with Crippen LogP contribution in [0.15, 0.2) is 30.6 Å². The average molecular weight is 462 g/mol. The van der Waals surface area contributed by atoms with Crippen molar-refractivity contribution in [2.24, 2.45) is 0 Å². The number of fused-ring (bicyclic) bond motifs is 1. The first-order chi connectivity index (χ1) is 15.9. The number of hydrogen-bond acceptors (Lipinski definition) is 7. The van der Waals surface area contributed by atoms with Gasteiger partial charge in [0.25, 0.3) is 0 Å². The number of nitrogens with zero attached hydrogens (tertiary/aromatic N) is 5. The number of benzene rings is 1. The first-order valence-electron chi connectivity index (χ1n) is 11.1. The molecule has 33 heavy (non-hydrogen) atoms. The van der Waals surface area contributed by atoms with Gasteiger partial charge in [0, 0.05) is 44.2 Å². The zero-order chi connectivity index (χ0) is 23.0. The summed E-state index contributed by atoms with van der Waals surface area (Å²) in [6.07, 6.45) is 2.84. The highest BCUT2D eigenvalue weighted by atomic mass is 19.4. The van der Waals surface area contributed by atoms with Gasteiger partial charge in [-0.1, -0.05) is 0 Å². The molecule has 4 heterocycles. The molecule has 0 radical (unpaired) electrons. The zero-order valence-corrected chi connectivity index (χ0v) is 17.9. The minimum Gasteiger partial charge on any atom is -0.507 e. The Morgan fingerprint density at radius 3 is 2.70 bits per heavy atom. The maximum atomic E-state index is 13.0. The third kappa shape index (κ3) is 4.47. The number of phenolic OH excluding ortho intramolecular Hbond substituents is 1. The van der Waals surface area contributed by atoms with Crippen molar-refractivity contribution < 1.29 is 23.0 Å². The molecule has 1 aromatic carbocycles. The van der Waals surface area contributed by atoms with Gasteiger partial charge in [0.15, 0.2) is 17.3 Å². The molecule has 2 fully saturated rings. The van der Waals surface area contributed by atoms with Crippen LogP contribution in [0.5, 0.6) is 5.75 Å². The second kappa shape index (κ2) is 8.79. The number of imidazole rings is 1. The predicted molar refractivity (Wildman–Crippen MR) is 115 cm³/mol. The number of rotatable bonds is 4. The topological polar surface area (TPSA) is 87.8 Å². The first kappa shape index (κ1) is 21.9. The van der Waals surface area contributed by atoms with E-state index in [4.69, 9.17) is 4.74 Å². The van der Waals surface area contributed by atoms with Gasteiger partial charge in [-0.15, -0.1) is 10.2 Å². The van der Waals surface area contributed by atoms with E-state index in [0.29, 0.717) is 23.6 Å². The summed E-state index contributed by atoms with van der Waals surface area (Å²) in [5, 5.41) is 22.2. The van der Waals surface area contributed by atoms with Crippen molar-refractivity contribution in [1.29, 1.82) is 0 Å². The smallest absolute Gasteiger partial charge is 0.416 e. The fraction of sp³-hybridized carbons (Fsp3) is 0.500. The number of likely N-dealkylation sites (tertiary alicyclic amines) is 1. The number of alkyl halides is 3. The number of halogens is 3. The molecule has 8 nitrogen and oxygen atoms in total. The highest BCUT2D eigenvalue weighted by molar-refractivity contribution is 5.71. The molecule has 3 aromatic rings. The van der Waals surface area contributed by atoms with E-state index in [-0.39, 0.29) is 17.4 Å². The predicted octanol–water partition coefficient (Wildman–Crippen LogP) is 3.57. The lowest BCUT2D eigenvalue weighted by Gasteiger charge is -2.40. The average Bonchev–Trinajstić information content (AvgIpc) is 3.30. The maximum Gasteiger partial charge on any atom is 0.416 e. The normalized spacial score (nSPS) is 20.9. The molecule has 0 spiro atoms. The molecule has 2 aliphatic heterocycles. The number of aromatic nitrogens is 4. The Kier molecular flexibility index (Phi) is 5.83. The van der Waals surface area contributed by atoms with Gasteiger partial charge in [0.2, 0.25) is 0 Å². The Hall–Kier alpha value is -2.92. The van der Waals surface area contributed by atoms with Crippen molar-refractivity contribution in [3.8, 4) is 17.1 Å². The maximum absolute atomic E-state index is 13.0. The summed E-state index contributed by atoms with van der Waals surface area (Å²) < 4.78 is 46.0.